The molecule has 1 amide bonds. The summed E-state index contributed by atoms with van der Waals surface area (Å²) >= 11 is 7.35. The third kappa shape index (κ3) is 3.50. The zero-order chi connectivity index (χ0) is 20.5. The summed E-state index contributed by atoms with van der Waals surface area (Å²) in [5.74, 6) is -0.386. The molecule has 6 nitrogen and oxygen atoms in total. The van der Waals surface area contributed by atoms with Gasteiger partial charge >= 0.3 is 5.69 Å². The molecule has 146 valence electrons. The first-order chi connectivity index (χ1) is 14.0. The minimum atomic E-state index is -0.565. The van der Waals surface area contributed by atoms with E-state index in [1.54, 1.807) is 66.9 Å². The molecule has 0 radical (unpaired) electrons. The van der Waals surface area contributed by atoms with Crippen molar-refractivity contribution in [2.45, 2.75) is 13.5 Å². The Hall–Kier alpha value is -3.16. The molecule has 0 bridgehead atoms. The molecule has 0 aliphatic rings. The molecule has 0 fully saturated rings. The Morgan fingerprint density at radius 3 is 2.59 bits per heavy atom. The van der Waals surface area contributed by atoms with Gasteiger partial charge in [-0.25, -0.2) is 9.36 Å². The lowest BCUT2D eigenvalue weighted by molar-refractivity contribution is -0.116. The third-order valence-electron chi connectivity index (χ3n) is 4.61. The van der Waals surface area contributed by atoms with Crippen molar-refractivity contribution >= 4 is 44.7 Å². The van der Waals surface area contributed by atoms with Crippen LogP contribution in [0.2, 0.25) is 5.02 Å². The maximum atomic E-state index is 13.1. The number of hydrogen-bond donors (Lipinski definition) is 1. The van der Waals surface area contributed by atoms with Crippen molar-refractivity contribution in [3.8, 4) is 5.69 Å². The number of nitrogens with zero attached hydrogens (tertiary/aromatic N) is 2. The number of carbonyl (C=O) groups excluding carboxylic acids is 1. The Kier molecular flexibility index (Phi) is 5.08. The highest BCUT2D eigenvalue weighted by Gasteiger charge is 2.18. The second-order valence-electron chi connectivity index (χ2n) is 6.44. The number of amides is 1. The Bertz CT molecular complexity index is 1340. The van der Waals surface area contributed by atoms with E-state index in [9.17, 15) is 14.4 Å². The van der Waals surface area contributed by atoms with E-state index in [4.69, 9.17) is 11.6 Å². The molecule has 8 heteroatoms. The molecule has 0 aliphatic heterocycles. The topological polar surface area (TPSA) is 73.1 Å². The zero-order valence-electron chi connectivity index (χ0n) is 15.4. The molecule has 0 saturated carbocycles. The molecule has 4 rings (SSSR count). The van der Waals surface area contributed by atoms with Gasteiger partial charge in [-0.1, -0.05) is 35.9 Å². The first-order valence-electron chi connectivity index (χ1n) is 8.81. The van der Waals surface area contributed by atoms with E-state index < -0.39 is 11.2 Å². The molecule has 1 N–H and O–H groups in total. The number of benzene rings is 2. The van der Waals surface area contributed by atoms with Crippen molar-refractivity contribution in [2.75, 3.05) is 5.32 Å². The Balaban J connectivity index is 1.79. The highest BCUT2D eigenvalue weighted by atomic mass is 35.5. The van der Waals surface area contributed by atoms with Gasteiger partial charge in [0.25, 0.3) is 5.56 Å². The number of aromatic nitrogens is 2. The molecule has 0 unspecified atom stereocenters. The van der Waals surface area contributed by atoms with E-state index in [1.165, 1.54) is 15.9 Å². The summed E-state index contributed by atoms with van der Waals surface area (Å²) in [4.78, 5) is 38.7. The normalized spacial score (nSPS) is 11.0. The summed E-state index contributed by atoms with van der Waals surface area (Å²) in [5, 5.41) is 5.06. The fraction of sp³-hybridized carbons (Fsp3) is 0.0952. The highest BCUT2D eigenvalue weighted by Crippen LogP contribution is 2.23. The zero-order valence-corrected chi connectivity index (χ0v) is 17.0. The van der Waals surface area contributed by atoms with E-state index in [0.717, 1.165) is 10.1 Å². The SMILES string of the molecule is Cc1c(Cl)cccc1NC(=O)Cn1c(=O)n(-c2ccccc2)c(=O)c2sccc21. The molecule has 2 aromatic heterocycles. The summed E-state index contributed by atoms with van der Waals surface area (Å²) in [6.07, 6.45) is 0. The van der Waals surface area contributed by atoms with Gasteiger partial charge in [0.05, 0.1) is 11.2 Å². The molecule has 4 aromatic rings. The number of para-hydroxylation sites is 1. The second kappa shape index (κ2) is 7.69. The molecule has 0 aliphatic carbocycles. The Labute approximate surface area is 174 Å². The van der Waals surface area contributed by atoms with Gasteiger partial charge in [0, 0.05) is 10.7 Å². The number of anilines is 1. The monoisotopic (exact) mass is 425 g/mol. The molecule has 2 aromatic carbocycles. The lowest BCUT2D eigenvalue weighted by atomic mass is 10.2. The van der Waals surface area contributed by atoms with Crippen molar-refractivity contribution in [2.24, 2.45) is 0 Å². The minimum Gasteiger partial charge on any atom is -0.324 e. The van der Waals surface area contributed by atoms with Crippen LogP contribution in [0.5, 0.6) is 0 Å². The molecular formula is C21H16ClN3O3S. The van der Waals surface area contributed by atoms with Crippen LogP contribution in [0.25, 0.3) is 15.9 Å². The van der Waals surface area contributed by atoms with Crippen LogP contribution in [-0.2, 0) is 11.3 Å². The summed E-state index contributed by atoms with van der Waals surface area (Å²) < 4.78 is 2.83. The van der Waals surface area contributed by atoms with E-state index in [0.29, 0.717) is 26.6 Å². The maximum absolute atomic E-state index is 13.1. The number of thiophene rings is 1. The summed E-state index contributed by atoms with van der Waals surface area (Å²) in [7, 11) is 0. The van der Waals surface area contributed by atoms with E-state index in [-0.39, 0.29) is 12.5 Å². The van der Waals surface area contributed by atoms with Gasteiger partial charge in [-0.3, -0.25) is 14.2 Å². The molecule has 0 atom stereocenters. The largest absolute Gasteiger partial charge is 0.336 e. The fourth-order valence-corrected chi connectivity index (χ4v) is 4.12. The van der Waals surface area contributed by atoms with Crippen LogP contribution < -0.4 is 16.6 Å². The lowest BCUT2D eigenvalue weighted by Crippen LogP contribution is -2.40. The number of rotatable bonds is 4. The van der Waals surface area contributed by atoms with Gasteiger partial charge in [0.1, 0.15) is 11.2 Å². The van der Waals surface area contributed by atoms with Crippen molar-refractivity contribution in [3.05, 3.63) is 91.4 Å². The second-order valence-corrected chi connectivity index (χ2v) is 7.76. The Morgan fingerprint density at radius 1 is 1.07 bits per heavy atom. The van der Waals surface area contributed by atoms with Gasteiger partial charge in [-0.2, -0.15) is 0 Å². The van der Waals surface area contributed by atoms with Crippen molar-refractivity contribution < 1.29 is 4.79 Å². The van der Waals surface area contributed by atoms with E-state index in [1.807, 2.05) is 0 Å². The third-order valence-corrected chi connectivity index (χ3v) is 5.91. The van der Waals surface area contributed by atoms with Crippen LogP contribution in [0.4, 0.5) is 5.69 Å². The average molecular weight is 426 g/mol. The number of fused-ring (bicyclic) bond motifs is 1. The van der Waals surface area contributed by atoms with Gasteiger partial charge in [-0.15, -0.1) is 11.3 Å². The summed E-state index contributed by atoms with van der Waals surface area (Å²) in [6.45, 7) is 1.57. The molecule has 2 heterocycles. The van der Waals surface area contributed by atoms with Crippen molar-refractivity contribution in [1.82, 2.24) is 9.13 Å². The smallest absolute Gasteiger partial charge is 0.324 e. The highest BCUT2D eigenvalue weighted by molar-refractivity contribution is 7.17. The van der Waals surface area contributed by atoms with Gasteiger partial charge in [0.15, 0.2) is 0 Å². The van der Waals surface area contributed by atoms with Gasteiger partial charge < -0.3 is 5.32 Å². The van der Waals surface area contributed by atoms with Crippen LogP contribution in [0.1, 0.15) is 5.56 Å². The van der Waals surface area contributed by atoms with Crippen LogP contribution in [0.15, 0.2) is 69.6 Å². The van der Waals surface area contributed by atoms with Gasteiger partial charge in [0.2, 0.25) is 5.91 Å². The standard InChI is InChI=1S/C21H16ClN3O3S/c1-13-15(22)8-5-9-16(13)23-18(26)12-24-17-10-11-29-19(17)20(27)25(21(24)28)14-6-3-2-4-7-14/h2-11H,12H2,1H3,(H,23,26). The van der Waals surface area contributed by atoms with Crippen LogP contribution in [-0.4, -0.2) is 15.0 Å². The average Bonchev–Trinajstić information content (AvgIpc) is 3.20. The maximum Gasteiger partial charge on any atom is 0.336 e. The fourth-order valence-electron chi connectivity index (χ4n) is 3.12. The molecular weight excluding hydrogens is 410 g/mol. The van der Waals surface area contributed by atoms with Gasteiger partial charge in [-0.05, 0) is 48.2 Å². The molecule has 0 spiro atoms. The quantitative estimate of drug-likeness (QED) is 0.540. The first-order valence-corrected chi connectivity index (χ1v) is 10.1. The number of hydrogen-bond acceptors (Lipinski definition) is 4. The predicted molar refractivity (Wildman–Crippen MR) is 117 cm³/mol. The van der Waals surface area contributed by atoms with Crippen LogP contribution in [0.3, 0.4) is 0 Å². The number of nitrogens with one attached hydrogen (secondary N) is 1. The minimum absolute atomic E-state index is 0.231. The summed E-state index contributed by atoms with van der Waals surface area (Å²) in [6, 6.07) is 15.6. The predicted octanol–water partition coefficient (Wildman–Crippen LogP) is 3.81. The van der Waals surface area contributed by atoms with Crippen molar-refractivity contribution in [3.63, 3.8) is 0 Å². The Morgan fingerprint density at radius 2 is 1.83 bits per heavy atom. The van der Waals surface area contributed by atoms with Crippen LogP contribution >= 0.6 is 22.9 Å². The number of halogens is 1. The number of carbonyl (C=O) groups is 1. The van der Waals surface area contributed by atoms with E-state index >= 15 is 0 Å². The molecule has 29 heavy (non-hydrogen) atoms. The molecule has 0 saturated heterocycles. The van der Waals surface area contributed by atoms with Crippen LogP contribution in [0, 0.1) is 6.92 Å². The summed E-state index contributed by atoms with van der Waals surface area (Å²) in [5.41, 5.74) is 1.25. The lowest BCUT2D eigenvalue weighted by Gasteiger charge is -2.13. The first kappa shape index (κ1) is 19.2. The van der Waals surface area contributed by atoms with Crippen molar-refractivity contribution in [1.29, 1.82) is 0 Å². The van der Waals surface area contributed by atoms with E-state index in [2.05, 4.69) is 5.32 Å².